The minimum absolute atomic E-state index is 0.0510. The van der Waals surface area contributed by atoms with Crippen molar-refractivity contribution in [1.29, 1.82) is 0 Å². The Balaban J connectivity index is 2.17. The molecule has 6 amide bonds. The van der Waals surface area contributed by atoms with Gasteiger partial charge in [-0.1, -0.05) is 116 Å². The molecule has 8 atom stereocenters. The molecule has 0 fully saturated rings. The Morgan fingerprint density at radius 3 is 1.31 bits per heavy atom. The highest BCUT2D eigenvalue weighted by atomic mass is 16.3. The molecular formula is C44H65N7O7. The van der Waals surface area contributed by atoms with Gasteiger partial charge in [-0.05, 0) is 54.6 Å². The van der Waals surface area contributed by atoms with E-state index in [4.69, 9.17) is 0 Å². The van der Waals surface area contributed by atoms with Crippen molar-refractivity contribution in [2.24, 2.45) is 28.7 Å². The quantitative estimate of drug-likeness (QED) is 0.181. The number of rotatable bonds is 11. The van der Waals surface area contributed by atoms with E-state index in [1.807, 2.05) is 102 Å². The van der Waals surface area contributed by atoms with E-state index < -0.39 is 89.8 Å². The van der Waals surface area contributed by atoms with Gasteiger partial charge in [0.05, 0.1) is 12.1 Å². The van der Waals surface area contributed by atoms with Crippen LogP contribution in [0.1, 0.15) is 86.3 Å². The van der Waals surface area contributed by atoms with Crippen molar-refractivity contribution in [2.45, 2.75) is 136 Å². The molecule has 58 heavy (non-hydrogen) atoms. The summed E-state index contributed by atoms with van der Waals surface area (Å²) in [6.07, 6.45) is 0.767. The van der Waals surface area contributed by atoms with Crippen molar-refractivity contribution < 1.29 is 33.9 Å². The smallest absolute Gasteiger partial charge is 0.248 e. The highest BCUT2D eigenvalue weighted by Crippen LogP contribution is 2.14. The Hall–Kier alpha value is -5.11. The van der Waals surface area contributed by atoms with E-state index in [-0.39, 0.29) is 43.4 Å². The third kappa shape index (κ3) is 15.0. The van der Waals surface area contributed by atoms with E-state index in [1.165, 1.54) is 13.1 Å². The molecule has 1 aliphatic rings. The molecule has 1 heterocycles. The number of hydrogen-bond donors (Lipinski definition) is 7. The Bertz CT molecular complexity index is 1700. The lowest BCUT2D eigenvalue weighted by atomic mass is 9.98. The average molecular weight is 804 g/mol. The Kier molecular flexibility index (Phi) is 18.5. The summed E-state index contributed by atoms with van der Waals surface area (Å²) in [6.45, 7) is 16.2. The largest absolute Gasteiger partial charge is 0.391 e. The fourth-order valence-electron chi connectivity index (χ4n) is 6.61. The van der Waals surface area contributed by atoms with Crippen molar-refractivity contribution in [1.82, 2.24) is 31.9 Å². The molecule has 0 aromatic heterocycles. The van der Waals surface area contributed by atoms with Gasteiger partial charge in [0.25, 0.3) is 0 Å². The van der Waals surface area contributed by atoms with Gasteiger partial charge in [-0.3, -0.25) is 33.8 Å². The van der Waals surface area contributed by atoms with Gasteiger partial charge in [0.1, 0.15) is 30.2 Å². The number of benzene rings is 2. The van der Waals surface area contributed by atoms with E-state index in [2.05, 4.69) is 36.9 Å². The molecule has 0 unspecified atom stereocenters. The van der Waals surface area contributed by atoms with E-state index in [0.29, 0.717) is 0 Å². The monoisotopic (exact) mass is 803 g/mol. The van der Waals surface area contributed by atoms with Crippen LogP contribution in [0.5, 0.6) is 0 Å². The summed E-state index contributed by atoms with van der Waals surface area (Å²) < 4.78 is 0. The zero-order valence-corrected chi connectivity index (χ0v) is 35.5. The van der Waals surface area contributed by atoms with Gasteiger partial charge in [-0.25, -0.2) is 0 Å². The number of hydrogen-bond acceptors (Lipinski definition) is 8. The van der Waals surface area contributed by atoms with E-state index in [0.717, 1.165) is 11.1 Å². The van der Waals surface area contributed by atoms with Crippen molar-refractivity contribution in [3.05, 3.63) is 71.8 Å². The Labute approximate surface area is 343 Å². The fraction of sp³-hybridized carbons (Fsp3) is 0.568. The van der Waals surface area contributed by atoms with Gasteiger partial charge in [0.2, 0.25) is 35.4 Å². The van der Waals surface area contributed by atoms with Gasteiger partial charge in [0.15, 0.2) is 6.04 Å². The molecule has 14 heteroatoms. The first-order valence-corrected chi connectivity index (χ1v) is 20.5. The lowest BCUT2D eigenvalue weighted by molar-refractivity contribution is -0.136. The number of amides is 6. The molecule has 3 rings (SSSR count). The van der Waals surface area contributed by atoms with Crippen LogP contribution in [0.15, 0.2) is 65.7 Å². The summed E-state index contributed by atoms with van der Waals surface area (Å²) in [5, 5.41) is 27.8. The van der Waals surface area contributed by atoms with Gasteiger partial charge < -0.3 is 37.0 Å². The molecule has 318 valence electrons. The van der Waals surface area contributed by atoms with Crippen LogP contribution in [0.25, 0.3) is 0 Å². The Morgan fingerprint density at radius 2 is 0.897 bits per heavy atom. The third-order valence-corrected chi connectivity index (χ3v) is 9.92. The lowest BCUT2D eigenvalue weighted by Crippen LogP contribution is -2.61. The molecule has 0 aliphatic carbocycles. The number of aliphatic hydroxyl groups is 1. The molecule has 2 aromatic carbocycles. The normalized spacial score (nSPS) is 25.3. The second-order valence-electron chi connectivity index (χ2n) is 16.9. The van der Waals surface area contributed by atoms with E-state index in [9.17, 15) is 33.9 Å². The number of carbonyl (C=O) groups is 6. The highest BCUT2D eigenvalue weighted by Gasteiger charge is 2.36. The first-order chi connectivity index (χ1) is 27.4. The lowest BCUT2D eigenvalue weighted by Gasteiger charge is -2.29. The highest BCUT2D eigenvalue weighted by molar-refractivity contribution is 5.97. The van der Waals surface area contributed by atoms with Crippen molar-refractivity contribution in [3.63, 3.8) is 0 Å². The van der Waals surface area contributed by atoms with E-state index >= 15 is 0 Å². The standard InChI is InChI=1S/C44H65N7O7/c1-25(2)20-32-39(53)47-35(23-31-18-14-11-15-19-31)42(56)51-37(28(7)8)43(57)49-34(22-30-16-12-10-13-17-30)41(55)50-36(27(5)6)24-45-38(29(9)52)44(58)48-33(21-26(3)4)40(54)46-32/h10-19,24-29,32-38,52H,20-23H2,1-9H3,(H,46,54)(H,47,53)(H,48,58)(H,49,57)(H,50,55)(H,51,56)/t29-,32-,33-,34-,35-,36-,37+,38+/m1/s1. The van der Waals surface area contributed by atoms with Crippen LogP contribution in [-0.2, 0) is 41.6 Å². The molecule has 14 nitrogen and oxygen atoms in total. The third-order valence-electron chi connectivity index (χ3n) is 9.92. The molecule has 0 saturated heterocycles. The molecule has 0 bridgehead atoms. The fourth-order valence-corrected chi connectivity index (χ4v) is 6.61. The van der Waals surface area contributed by atoms with Gasteiger partial charge in [-0.15, -0.1) is 0 Å². The first kappa shape index (κ1) is 47.3. The minimum atomic E-state index is -1.34. The number of nitrogens with one attached hydrogen (secondary N) is 6. The average Bonchev–Trinajstić information content (AvgIpc) is 3.14. The summed E-state index contributed by atoms with van der Waals surface area (Å²) in [5.74, 6) is -4.46. The summed E-state index contributed by atoms with van der Waals surface area (Å²) >= 11 is 0. The van der Waals surface area contributed by atoms with Crippen LogP contribution in [-0.4, -0.2) is 95.2 Å². The van der Waals surface area contributed by atoms with Crippen molar-refractivity contribution in [2.75, 3.05) is 0 Å². The SMILES string of the molecule is CC(C)C[C@H]1NC(=O)[C@H]([C@@H](C)O)N=C[C@H](C(C)C)NC(=O)[C@@H](Cc2ccccc2)NC(=O)[C@H](C(C)C)NC(=O)[C@@H](Cc2ccccc2)NC(=O)[C@@H](CC(C)C)NC1=O. The maximum atomic E-state index is 14.2. The van der Waals surface area contributed by atoms with Crippen LogP contribution in [0.3, 0.4) is 0 Å². The number of nitrogens with zero attached hydrogens (tertiary/aromatic N) is 1. The first-order valence-electron chi connectivity index (χ1n) is 20.5. The van der Waals surface area contributed by atoms with Crippen LogP contribution >= 0.6 is 0 Å². The predicted octanol–water partition coefficient (Wildman–Crippen LogP) is 2.62. The second-order valence-corrected chi connectivity index (χ2v) is 16.9. The minimum Gasteiger partial charge on any atom is -0.391 e. The zero-order chi connectivity index (χ0) is 43.1. The predicted molar refractivity (Wildman–Crippen MR) is 224 cm³/mol. The number of carbonyl (C=O) groups excluding carboxylic acids is 6. The van der Waals surface area contributed by atoms with Crippen molar-refractivity contribution >= 4 is 41.7 Å². The number of aliphatic imine (C=N–C) groups is 1. The van der Waals surface area contributed by atoms with Crippen molar-refractivity contribution in [3.8, 4) is 0 Å². The summed E-state index contributed by atoms with van der Waals surface area (Å²) in [7, 11) is 0. The molecule has 0 radical (unpaired) electrons. The maximum Gasteiger partial charge on any atom is 0.248 e. The van der Waals surface area contributed by atoms with Crippen LogP contribution in [0.2, 0.25) is 0 Å². The molecule has 0 saturated carbocycles. The van der Waals surface area contributed by atoms with E-state index in [1.54, 1.807) is 13.8 Å². The zero-order valence-electron chi connectivity index (χ0n) is 35.5. The molecule has 0 spiro atoms. The molecule has 1 aliphatic heterocycles. The Morgan fingerprint density at radius 1 is 0.500 bits per heavy atom. The summed E-state index contributed by atoms with van der Waals surface area (Å²) in [5.41, 5.74) is 1.53. The summed E-state index contributed by atoms with van der Waals surface area (Å²) in [4.78, 5) is 88.8. The second kappa shape index (κ2) is 22.7. The molecule has 2 aromatic rings. The van der Waals surface area contributed by atoms with Gasteiger partial charge in [0, 0.05) is 19.1 Å². The molecular weight excluding hydrogens is 739 g/mol. The van der Waals surface area contributed by atoms with Crippen LogP contribution in [0.4, 0.5) is 0 Å². The summed E-state index contributed by atoms with van der Waals surface area (Å²) in [6, 6.07) is 10.7. The van der Waals surface area contributed by atoms with Crippen LogP contribution < -0.4 is 31.9 Å². The van der Waals surface area contributed by atoms with Gasteiger partial charge in [-0.2, -0.15) is 0 Å². The molecule has 7 N–H and O–H groups in total. The van der Waals surface area contributed by atoms with Gasteiger partial charge >= 0.3 is 0 Å². The maximum absolute atomic E-state index is 14.2. The van der Waals surface area contributed by atoms with Crippen LogP contribution in [0, 0.1) is 23.7 Å². The number of aliphatic hydroxyl groups excluding tert-OH is 1. The topological polar surface area (TPSA) is 207 Å².